The van der Waals surface area contributed by atoms with Gasteiger partial charge < -0.3 is 63.6 Å². The van der Waals surface area contributed by atoms with Crippen LogP contribution in [0.25, 0.3) is 0 Å². The summed E-state index contributed by atoms with van der Waals surface area (Å²) in [4.78, 5) is 4.19. The van der Waals surface area contributed by atoms with E-state index in [9.17, 15) is 0 Å². The first-order chi connectivity index (χ1) is 18.5. The van der Waals surface area contributed by atoms with Gasteiger partial charge in [-0.05, 0) is 89.9 Å². The average Bonchev–Trinajstić information content (AvgIpc) is 3.29. The van der Waals surface area contributed by atoms with E-state index in [-0.39, 0.29) is 231 Å². The fourth-order valence-corrected chi connectivity index (χ4v) is 3.44. The van der Waals surface area contributed by atoms with E-state index in [1.165, 1.54) is 0 Å². The van der Waals surface area contributed by atoms with E-state index < -0.39 is 25.3 Å². The van der Waals surface area contributed by atoms with Crippen LogP contribution in [0.1, 0.15) is 90.5 Å². The van der Waals surface area contributed by atoms with Crippen molar-refractivity contribution in [1.29, 1.82) is 0 Å². The van der Waals surface area contributed by atoms with Crippen LogP contribution in [0.3, 0.4) is 0 Å². The standard InChI is InChI=1S/C7H16BO4.C7H15BO3.C7H15BO2.2CH3O.CH4.5Ar.2H2O2.H2O/c1-6(2)7(3,4)11-8(5,10-6)12-9;1-6(2)7(3,4)11-8(9-5)10-6;1-6(2)7(3,4)10-8(5)9-6;2*1-2;;;;;;;2*1-2;/h9H,1-5H3;1-5H3;1-5H3;2*1H3;1H4;;;;;;2*1-2H;1H2/q-1;;;2*-1;;;;;;;;;/p-2. The monoisotopic (exact) mass is 837 g/mol. The molecule has 5 N–H and O–H groups in total. The van der Waals surface area contributed by atoms with E-state index in [0.29, 0.717) is 0 Å². The largest absolute Gasteiger partial charge is 0.870 e. The van der Waals surface area contributed by atoms with Gasteiger partial charge in [0.2, 0.25) is 0 Å². The molecular formula is C24H60Ar5B3O16-5. The van der Waals surface area contributed by atoms with Crippen LogP contribution in [0.4, 0.5) is 0 Å². The molecule has 3 aliphatic heterocycles. The first kappa shape index (κ1) is 81.9. The Bertz CT molecular complexity index is 654. The van der Waals surface area contributed by atoms with Gasteiger partial charge in [0.15, 0.2) is 0 Å². The zero-order valence-corrected chi connectivity index (χ0v) is 33.8. The average molecular weight is 837 g/mol. The SMILES string of the molecule is C.CB1OC(C)(C)C(C)(C)O1.COB1OC(C)(C)C(C)(C)O1.C[B-]1(OO)OC(C)(C)C(C)(C)O1.C[O-].C[O-].OO.[Ar].[Ar].[Ar].[Ar].[Ar].[O-]O.[OH-]. The van der Waals surface area contributed by atoms with Crippen LogP contribution >= 0.6 is 0 Å². The molecular weight excluding hydrogens is 776 g/mol. The van der Waals surface area contributed by atoms with Crippen LogP contribution in [0.15, 0.2) is 0 Å². The smallest absolute Gasteiger partial charge is 0.640 e. The van der Waals surface area contributed by atoms with Gasteiger partial charge in [-0.1, -0.05) is 7.43 Å². The molecule has 0 unspecified atom stereocenters. The summed E-state index contributed by atoms with van der Waals surface area (Å²) in [5.41, 5.74) is -1.80. The fraction of sp³-hybridized carbons (Fsp3) is 1.00. The maximum absolute atomic E-state index is 8.57. The maximum atomic E-state index is 8.57. The molecule has 0 aromatic heterocycles. The van der Waals surface area contributed by atoms with Crippen molar-refractivity contribution >= 4 is 21.2 Å². The van der Waals surface area contributed by atoms with E-state index in [1.807, 2.05) is 62.2 Å². The molecule has 306 valence electrons. The molecule has 0 amide bonds. The van der Waals surface area contributed by atoms with Gasteiger partial charge in [0, 0.05) is 207 Å². The molecule has 24 heteroatoms. The molecule has 0 saturated carbocycles. The molecule has 0 spiro atoms. The van der Waals surface area contributed by atoms with E-state index in [2.05, 4.69) is 32.5 Å². The molecule has 0 aliphatic carbocycles. The number of hydrogen-bond acceptors (Lipinski definition) is 16. The summed E-state index contributed by atoms with van der Waals surface area (Å²) in [6.07, 6.45) is 0. The van der Waals surface area contributed by atoms with E-state index in [0.717, 1.165) is 14.2 Å². The van der Waals surface area contributed by atoms with Gasteiger partial charge in [0.05, 0.1) is 22.4 Å². The Kier molecular flexibility index (Phi) is 63.4. The van der Waals surface area contributed by atoms with E-state index >= 15 is 0 Å². The van der Waals surface area contributed by atoms with Crippen LogP contribution in [0.2, 0.25) is 13.6 Å². The summed E-state index contributed by atoms with van der Waals surface area (Å²) in [5, 5.41) is 50.1. The zero-order chi connectivity index (χ0) is 34.3. The fourth-order valence-electron chi connectivity index (χ4n) is 3.44. The Balaban J connectivity index is -0.0000000403. The Morgan fingerprint density at radius 3 is 0.875 bits per heavy atom. The van der Waals surface area contributed by atoms with Crippen molar-refractivity contribution in [2.24, 2.45) is 0 Å². The molecule has 48 heavy (non-hydrogen) atoms. The minimum absolute atomic E-state index is 0. The van der Waals surface area contributed by atoms with Crippen LogP contribution in [-0.2, 0) is 37.4 Å². The molecule has 16 nitrogen and oxygen atoms in total. The summed E-state index contributed by atoms with van der Waals surface area (Å²) in [6.45, 7) is 25.3. The van der Waals surface area contributed by atoms with E-state index in [1.54, 1.807) is 13.9 Å². The van der Waals surface area contributed by atoms with Crippen molar-refractivity contribution in [1.82, 2.24) is 0 Å². The second kappa shape index (κ2) is 37.1. The van der Waals surface area contributed by atoms with Crippen molar-refractivity contribution < 1.29 is 268 Å². The molecule has 0 aromatic rings. The van der Waals surface area contributed by atoms with Gasteiger partial charge in [-0.25, -0.2) is 0 Å². The molecule has 3 fully saturated rings. The summed E-state index contributed by atoms with van der Waals surface area (Å²) >= 11 is 0. The zero-order valence-electron chi connectivity index (χ0n) is 30.2. The normalized spacial score (nSPS) is 20.5. The van der Waals surface area contributed by atoms with Crippen molar-refractivity contribution in [3.05, 3.63) is 0 Å². The molecule has 3 aliphatic rings. The number of rotatable bonds is 2. The summed E-state index contributed by atoms with van der Waals surface area (Å²) in [5.74, 6) is 0. The Morgan fingerprint density at radius 2 is 0.771 bits per heavy atom. The van der Waals surface area contributed by atoms with Crippen LogP contribution in [0, 0.1) is 189 Å². The molecule has 0 aromatic carbocycles. The van der Waals surface area contributed by atoms with Crippen LogP contribution < -0.4 is 15.5 Å². The predicted octanol–water partition coefficient (Wildman–Crippen LogP) is 1.83. The van der Waals surface area contributed by atoms with Gasteiger partial charge in [0.25, 0.3) is 0 Å². The van der Waals surface area contributed by atoms with Gasteiger partial charge in [-0.15, -0.1) is 6.82 Å². The Morgan fingerprint density at radius 1 is 0.562 bits per heavy atom. The van der Waals surface area contributed by atoms with Crippen molar-refractivity contribution in [2.45, 2.75) is 138 Å². The summed E-state index contributed by atoms with van der Waals surface area (Å²) in [7, 11) is 2.49. The molecule has 3 rings (SSSR count). The molecule has 0 bridgehead atoms. The van der Waals surface area contributed by atoms with Gasteiger partial charge in [-0.3, -0.25) is 15.8 Å². The molecule has 3 saturated heterocycles. The Hall–Kier alpha value is 5.85. The minimum Gasteiger partial charge on any atom is -0.870 e. The minimum atomic E-state index is -1.99. The van der Waals surface area contributed by atoms with Crippen molar-refractivity contribution in [3.63, 3.8) is 0 Å². The third-order valence-electron chi connectivity index (χ3n) is 7.45. The molecule has 0 atom stereocenters. The van der Waals surface area contributed by atoms with E-state index in [4.69, 9.17) is 69.1 Å². The maximum Gasteiger partial charge on any atom is 0.640 e. The van der Waals surface area contributed by atoms with Crippen LogP contribution in [0.5, 0.6) is 0 Å². The van der Waals surface area contributed by atoms with Gasteiger partial charge in [-0.2, -0.15) is 14.2 Å². The van der Waals surface area contributed by atoms with Gasteiger partial charge >= 0.3 is 21.2 Å². The number of hydrogen-bond donors (Lipinski definition) is 4. The van der Waals surface area contributed by atoms with Crippen LogP contribution in [-0.4, -0.2) is 103 Å². The first-order valence-corrected chi connectivity index (χ1v) is 12.8. The Labute approximate surface area is 440 Å². The topological polar surface area (TPSA) is 254 Å². The summed E-state index contributed by atoms with van der Waals surface area (Å²) < 4.78 is 37.9. The van der Waals surface area contributed by atoms with Crippen molar-refractivity contribution in [3.8, 4) is 0 Å². The quantitative estimate of drug-likeness (QED) is 0.176. The molecule has 3 heterocycles. The predicted molar refractivity (Wildman–Crippen MR) is 159 cm³/mol. The third-order valence-corrected chi connectivity index (χ3v) is 7.45. The molecule has 0 radical (unpaired) electrons. The van der Waals surface area contributed by atoms with Crippen molar-refractivity contribution in [2.75, 3.05) is 21.3 Å². The second-order valence-corrected chi connectivity index (χ2v) is 12.0. The van der Waals surface area contributed by atoms with Gasteiger partial charge in [0.1, 0.15) is 0 Å². The third kappa shape index (κ3) is 27.5. The second-order valence-electron chi connectivity index (χ2n) is 12.0. The first-order valence-electron chi connectivity index (χ1n) is 12.8. The summed E-state index contributed by atoms with van der Waals surface area (Å²) in [6, 6.07) is 0.